The summed E-state index contributed by atoms with van der Waals surface area (Å²) < 4.78 is 12.4. The van der Waals surface area contributed by atoms with Crippen LogP contribution in [0.15, 0.2) is 69.5 Å². The molecule has 2 heterocycles. The second-order valence-corrected chi connectivity index (χ2v) is 7.42. The minimum Gasteiger partial charge on any atom is -0.456 e. The van der Waals surface area contributed by atoms with Crippen molar-refractivity contribution in [2.75, 3.05) is 0 Å². The van der Waals surface area contributed by atoms with E-state index in [1.54, 1.807) is 0 Å². The molecule has 0 aliphatic heterocycles. The maximum atomic E-state index is 6.28. The smallest absolute Gasteiger partial charge is 0.142 e. The fourth-order valence-corrected chi connectivity index (χ4v) is 4.43. The Labute approximate surface area is 160 Å². The molecule has 3 aromatic carbocycles. The molecule has 0 bridgehead atoms. The van der Waals surface area contributed by atoms with E-state index in [2.05, 4.69) is 36.4 Å². The molecule has 5 aromatic rings. The summed E-state index contributed by atoms with van der Waals surface area (Å²) in [5, 5.41) is 5.26. The van der Waals surface area contributed by atoms with Crippen LogP contribution in [0.3, 0.4) is 0 Å². The highest BCUT2D eigenvalue weighted by molar-refractivity contribution is 6.31. The fourth-order valence-electron chi connectivity index (χ4n) is 4.27. The molecular weight excluding hydrogens is 356 g/mol. The molecule has 1 aliphatic rings. The summed E-state index contributed by atoms with van der Waals surface area (Å²) in [4.78, 5) is 0. The van der Waals surface area contributed by atoms with Gasteiger partial charge in [-0.3, -0.25) is 0 Å². The molecule has 0 amide bonds. The average molecular weight is 371 g/mol. The molecule has 27 heavy (non-hydrogen) atoms. The molecule has 0 atom stereocenters. The van der Waals surface area contributed by atoms with Gasteiger partial charge in [0.15, 0.2) is 0 Å². The Kier molecular flexibility index (Phi) is 3.09. The first kappa shape index (κ1) is 15.1. The van der Waals surface area contributed by atoms with Crippen molar-refractivity contribution in [3.63, 3.8) is 0 Å². The van der Waals surface area contributed by atoms with E-state index >= 15 is 0 Å². The third-order valence-corrected chi connectivity index (χ3v) is 5.67. The molecular formula is C24H15ClO2. The fraction of sp³-hybridized carbons (Fsp3) is 0.0833. The number of halogens is 1. The van der Waals surface area contributed by atoms with Crippen molar-refractivity contribution >= 4 is 56.2 Å². The Morgan fingerprint density at radius 3 is 2.63 bits per heavy atom. The zero-order valence-electron chi connectivity index (χ0n) is 14.5. The van der Waals surface area contributed by atoms with Gasteiger partial charge in [-0.2, -0.15) is 0 Å². The lowest BCUT2D eigenvalue weighted by atomic mass is 9.93. The number of furan rings is 2. The van der Waals surface area contributed by atoms with Crippen molar-refractivity contribution in [3.05, 3.63) is 81.9 Å². The number of benzene rings is 3. The third kappa shape index (κ3) is 2.14. The second kappa shape index (κ2) is 5.51. The van der Waals surface area contributed by atoms with Gasteiger partial charge in [0.1, 0.15) is 22.2 Å². The van der Waals surface area contributed by atoms with Crippen LogP contribution in [-0.2, 0) is 0 Å². The van der Waals surface area contributed by atoms with Gasteiger partial charge in [0.05, 0.1) is 0 Å². The second-order valence-electron chi connectivity index (χ2n) is 6.98. The topological polar surface area (TPSA) is 26.3 Å². The summed E-state index contributed by atoms with van der Waals surface area (Å²) in [5.41, 5.74) is 6.07. The van der Waals surface area contributed by atoms with Crippen LogP contribution in [0.4, 0.5) is 0 Å². The SMILES string of the molecule is Clc1ccc2c(c1)oc1c(C3=c4c(oc5ccccc45)=CCC3)cccc12. The Hall–Kier alpha value is -2.97. The molecule has 0 N–H and O–H groups in total. The molecule has 1 aliphatic carbocycles. The third-order valence-electron chi connectivity index (χ3n) is 5.43. The standard InChI is InChI=1S/C24H15ClO2/c25-14-11-12-15-17-7-3-8-18(24(17)27-22(15)13-14)16-6-4-10-21-23(16)19-5-1-2-9-20(19)26-21/h1-3,5,7-13H,4,6H2. The van der Waals surface area contributed by atoms with Gasteiger partial charge in [0.2, 0.25) is 0 Å². The van der Waals surface area contributed by atoms with Crippen LogP contribution in [-0.4, -0.2) is 0 Å². The molecule has 0 radical (unpaired) electrons. The van der Waals surface area contributed by atoms with Crippen molar-refractivity contribution in [3.8, 4) is 0 Å². The molecule has 0 spiro atoms. The average Bonchev–Trinajstić information content (AvgIpc) is 3.25. The Bertz CT molecular complexity index is 1480. The predicted octanol–water partition coefficient (Wildman–Crippen LogP) is 5.76. The summed E-state index contributed by atoms with van der Waals surface area (Å²) in [6.45, 7) is 0. The van der Waals surface area contributed by atoms with E-state index in [0.717, 1.165) is 56.7 Å². The van der Waals surface area contributed by atoms with Crippen molar-refractivity contribution in [2.45, 2.75) is 12.8 Å². The highest BCUT2D eigenvalue weighted by Gasteiger charge is 2.18. The van der Waals surface area contributed by atoms with Gasteiger partial charge < -0.3 is 8.83 Å². The van der Waals surface area contributed by atoms with Gasteiger partial charge in [-0.1, -0.05) is 48.0 Å². The van der Waals surface area contributed by atoms with E-state index in [-0.39, 0.29) is 0 Å². The maximum absolute atomic E-state index is 6.28. The van der Waals surface area contributed by atoms with Crippen molar-refractivity contribution in [1.82, 2.24) is 0 Å². The van der Waals surface area contributed by atoms with Crippen LogP contribution in [0, 0.1) is 0 Å². The van der Waals surface area contributed by atoms with Crippen LogP contribution >= 0.6 is 11.6 Å². The van der Waals surface area contributed by atoms with E-state index in [1.807, 2.05) is 30.3 Å². The molecule has 3 heteroatoms. The molecule has 2 nitrogen and oxygen atoms in total. The van der Waals surface area contributed by atoms with E-state index in [0.29, 0.717) is 5.02 Å². The molecule has 0 unspecified atom stereocenters. The summed E-state index contributed by atoms with van der Waals surface area (Å²) in [6.07, 6.45) is 4.12. The van der Waals surface area contributed by atoms with Crippen molar-refractivity contribution in [2.24, 2.45) is 0 Å². The van der Waals surface area contributed by atoms with Crippen molar-refractivity contribution in [1.29, 1.82) is 0 Å². The first-order chi connectivity index (χ1) is 13.3. The van der Waals surface area contributed by atoms with Crippen LogP contribution in [0.2, 0.25) is 5.02 Å². The van der Waals surface area contributed by atoms with E-state index in [4.69, 9.17) is 20.4 Å². The number of fused-ring (bicyclic) bond motifs is 6. The van der Waals surface area contributed by atoms with Gasteiger partial charge in [-0.15, -0.1) is 0 Å². The lowest BCUT2D eigenvalue weighted by Crippen LogP contribution is -2.26. The molecule has 0 saturated carbocycles. The van der Waals surface area contributed by atoms with Gasteiger partial charge in [-0.25, -0.2) is 0 Å². The summed E-state index contributed by atoms with van der Waals surface area (Å²) in [6, 6.07) is 20.4. The monoisotopic (exact) mass is 370 g/mol. The quantitative estimate of drug-likeness (QED) is 0.375. The Morgan fingerprint density at radius 2 is 1.67 bits per heavy atom. The minimum absolute atomic E-state index is 0.686. The lowest BCUT2D eigenvalue weighted by Gasteiger charge is -2.10. The molecule has 130 valence electrons. The van der Waals surface area contributed by atoms with Gasteiger partial charge in [0.25, 0.3) is 0 Å². The number of rotatable bonds is 1. The Balaban J connectivity index is 1.79. The van der Waals surface area contributed by atoms with Crippen LogP contribution in [0.5, 0.6) is 0 Å². The van der Waals surface area contributed by atoms with Crippen LogP contribution < -0.4 is 10.6 Å². The van der Waals surface area contributed by atoms with E-state index < -0.39 is 0 Å². The van der Waals surface area contributed by atoms with Crippen LogP contribution in [0.1, 0.15) is 18.4 Å². The Morgan fingerprint density at radius 1 is 0.778 bits per heavy atom. The predicted molar refractivity (Wildman–Crippen MR) is 110 cm³/mol. The van der Waals surface area contributed by atoms with Crippen molar-refractivity contribution < 1.29 is 8.83 Å². The molecule has 0 fully saturated rings. The zero-order chi connectivity index (χ0) is 18.0. The maximum Gasteiger partial charge on any atom is 0.142 e. The summed E-state index contributed by atoms with van der Waals surface area (Å²) >= 11 is 6.17. The number of para-hydroxylation sites is 2. The zero-order valence-corrected chi connectivity index (χ0v) is 15.2. The van der Waals surface area contributed by atoms with Crippen LogP contribution in [0.25, 0.3) is 44.6 Å². The normalized spacial score (nSPS) is 14.0. The van der Waals surface area contributed by atoms with Gasteiger partial charge >= 0.3 is 0 Å². The van der Waals surface area contributed by atoms with E-state index in [1.165, 1.54) is 10.8 Å². The molecule has 6 rings (SSSR count). The lowest BCUT2D eigenvalue weighted by molar-refractivity contribution is 0.571. The first-order valence-electron chi connectivity index (χ1n) is 9.12. The van der Waals surface area contributed by atoms with E-state index in [9.17, 15) is 0 Å². The first-order valence-corrected chi connectivity index (χ1v) is 9.49. The summed E-state index contributed by atoms with van der Waals surface area (Å²) in [5.74, 6) is 0. The number of hydrogen-bond acceptors (Lipinski definition) is 2. The van der Waals surface area contributed by atoms with Gasteiger partial charge in [0, 0.05) is 38.0 Å². The molecule has 0 saturated heterocycles. The highest BCUT2D eigenvalue weighted by atomic mass is 35.5. The minimum atomic E-state index is 0.686. The highest BCUT2D eigenvalue weighted by Crippen LogP contribution is 2.35. The largest absolute Gasteiger partial charge is 0.456 e. The molecule has 2 aromatic heterocycles. The number of hydrogen-bond donors (Lipinski definition) is 0. The van der Waals surface area contributed by atoms with Gasteiger partial charge in [-0.05, 0) is 42.7 Å². The summed E-state index contributed by atoms with van der Waals surface area (Å²) in [7, 11) is 0.